The quantitative estimate of drug-likeness (QED) is 0.0330. The van der Waals surface area contributed by atoms with Gasteiger partial charge in [0.1, 0.15) is 23.0 Å². The number of esters is 3. The average Bonchev–Trinajstić information content (AvgIpc) is 2.15. The van der Waals surface area contributed by atoms with Crippen LogP contribution in [0.2, 0.25) is 0 Å². The summed E-state index contributed by atoms with van der Waals surface area (Å²) in [7, 11) is 0. The van der Waals surface area contributed by atoms with Crippen molar-refractivity contribution < 1.29 is 49.4 Å². The molecular formula is C70H108O10S4. The van der Waals surface area contributed by atoms with Crippen LogP contribution in [-0.2, 0) is 67.2 Å². The predicted molar refractivity (Wildman–Crippen MR) is 358 cm³/mol. The van der Waals surface area contributed by atoms with Crippen LogP contribution >= 0.6 is 47.0 Å². The zero-order valence-electron chi connectivity index (χ0n) is 56.9. The fourth-order valence-electron chi connectivity index (χ4n) is 9.51. The van der Waals surface area contributed by atoms with E-state index < -0.39 is 17.4 Å². The molecule has 472 valence electrons. The van der Waals surface area contributed by atoms with Gasteiger partial charge in [-0.3, -0.25) is 14.4 Å². The lowest BCUT2D eigenvalue weighted by molar-refractivity contribution is -0.156. The van der Waals surface area contributed by atoms with Crippen molar-refractivity contribution in [1.29, 1.82) is 0 Å². The van der Waals surface area contributed by atoms with Gasteiger partial charge < -0.3 is 35.0 Å². The molecule has 0 radical (unpaired) electrons. The molecule has 0 amide bonds. The molecule has 10 nitrogen and oxygen atoms in total. The summed E-state index contributed by atoms with van der Waals surface area (Å²) in [5, 5.41) is 54.7. The predicted octanol–water partition coefficient (Wildman–Crippen LogP) is 19.2. The van der Waals surface area contributed by atoms with Crippen molar-refractivity contribution in [2.45, 2.75) is 285 Å². The number of phenolic OH excluding ortho intramolecular Hbond substituents is 4. The molecule has 0 aromatic heterocycles. The highest BCUT2D eigenvalue weighted by Gasteiger charge is 2.36. The fraction of sp³-hybridized carbons (Fsp3) is 0.614. The molecule has 14 heteroatoms. The third kappa shape index (κ3) is 22.6. The molecule has 0 saturated carbocycles. The van der Waals surface area contributed by atoms with E-state index in [0.29, 0.717) is 42.4 Å². The molecule has 0 aliphatic carbocycles. The van der Waals surface area contributed by atoms with Crippen LogP contribution in [0.3, 0.4) is 0 Å². The first kappa shape index (κ1) is 76.1. The molecule has 0 unspecified atom stereocenters. The van der Waals surface area contributed by atoms with E-state index in [0.717, 1.165) is 64.1 Å². The van der Waals surface area contributed by atoms with Gasteiger partial charge in [-0.15, -0.1) is 47.0 Å². The molecule has 4 aromatic rings. The second-order valence-electron chi connectivity index (χ2n) is 30.6. The van der Waals surface area contributed by atoms with E-state index in [1.54, 1.807) is 47.0 Å². The molecule has 0 aliphatic heterocycles. The molecule has 0 bridgehead atoms. The number of hydrogen-bond donors (Lipinski definition) is 5. The van der Waals surface area contributed by atoms with Gasteiger partial charge >= 0.3 is 17.9 Å². The molecule has 0 atom stereocenters. The zero-order valence-corrected chi connectivity index (χ0v) is 60.1. The third-order valence-electron chi connectivity index (χ3n) is 14.2. The Hall–Kier alpha value is -3.95. The van der Waals surface area contributed by atoms with Crippen molar-refractivity contribution >= 4 is 65.0 Å². The van der Waals surface area contributed by atoms with Gasteiger partial charge in [-0.05, 0) is 132 Å². The molecule has 0 fully saturated rings. The Morgan fingerprint density at radius 1 is 0.345 bits per heavy atom. The maximum atomic E-state index is 11.4. The van der Waals surface area contributed by atoms with Crippen molar-refractivity contribution in [3.63, 3.8) is 0 Å². The number of thioether (sulfide) groups is 4. The summed E-state index contributed by atoms with van der Waals surface area (Å²) < 4.78 is 8.75. The van der Waals surface area contributed by atoms with E-state index in [4.69, 9.17) is 4.74 Å². The van der Waals surface area contributed by atoms with Gasteiger partial charge in [-0.2, -0.15) is 0 Å². The number of hydrogen-bond acceptors (Lipinski definition) is 14. The van der Waals surface area contributed by atoms with Crippen molar-refractivity contribution in [3.8, 4) is 23.0 Å². The number of rotatable bonds is 15. The summed E-state index contributed by atoms with van der Waals surface area (Å²) in [6.07, 6.45) is 1.18. The Morgan fingerprint density at radius 2 is 0.548 bits per heavy atom. The first-order chi connectivity index (χ1) is 37.5. The number of phenols is 4. The average molecular weight is 1240 g/mol. The van der Waals surface area contributed by atoms with E-state index in [-0.39, 0.29) is 58.6 Å². The van der Waals surface area contributed by atoms with Gasteiger partial charge in [0.25, 0.3) is 0 Å². The van der Waals surface area contributed by atoms with E-state index in [1.165, 1.54) is 20.8 Å². The lowest BCUT2D eigenvalue weighted by atomic mass is 9.77. The Balaban J connectivity index is 0.000000515. The van der Waals surface area contributed by atoms with Crippen molar-refractivity contribution in [2.75, 3.05) is 13.2 Å². The van der Waals surface area contributed by atoms with E-state index in [1.807, 2.05) is 0 Å². The van der Waals surface area contributed by atoms with Crippen LogP contribution in [0.5, 0.6) is 23.0 Å². The van der Waals surface area contributed by atoms with E-state index in [2.05, 4.69) is 233 Å². The number of carbonyl (C=O) groups is 3. The third-order valence-corrected chi connectivity index (χ3v) is 19.0. The summed E-state index contributed by atoms with van der Waals surface area (Å²) in [5.41, 5.74) is 5.47. The first-order valence-electron chi connectivity index (χ1n) is 29.2. The van der Waals surface area contributed by atoms with Gasteiger partial charge in [0.05, 0.1) is 14.8 Å². The van der Waals surface area contributed by atoms with Crippen molar-refractivity contribution in [1.82, 2.24) is 0 Å². The number of aliphatic hydroxyl groups is 1. The van der Waals surface area contributed by atoms with Gasteiger partial charge in [0, 0.05) is 91.5 Å². The minimum atomic E-state index is -0.562. The maximum absolute atomic E-state index is 11.4. The Kier molecular flexibility index (Phi) is 25.4. The lowest BCUT2D eigenvalue weighted by Gasteiger charge is -2.32. The van der Waals surface area contributed by atoms with E-state index >= 15 is 0 Å². The van der Waals surface area contributed by atoms with Crippen LogP contribution in [0.15, 0.2) is 68.1 Å². The molecule has 4 rings (SSSR count). The number of benzene rings is 4. The van der Waals surface area contributed by atoms with Crippen LogP contribution < -0.4 is 0 Å². The maximum Gasteiger partial charge on any atom is 0.310 e. The van der Waals surface area contributed by atoms with Crippen LogP contribution in [0.25, 0.3) is 0 Å². The molecule has 0 heterocycles. The highest BCUT2D eigenvalue weighted by Crippen LogP contribution is 2.54. The molecule has 0 spiro atoms. The topological polar surface area (TPSA) is 171 Å². The van der Waals surface area contributed by atoms with Crippen LogP contribution in [0.1, 0.15) is 258 Å². The number of ether oxygens (including phenoxy) is 2. The zero-order chi connectivity index (χ0) is 65.7. The molecule has 0 saturated heterocycles. The standard InChI is InChI=1S/C34H52O4S2.C32H50O3S2.C4H6O3/c1-21(35)38-16-15-33(11,12)27-20-23(19-26(29(27)37)32(8,9)10)40-34(13,14)39-22-17-24(30(2,3)4)28(36)25(18-22)31(5,6)7;1-28(2,3)22-16-20(17-23(26(22)34)29(4,5)6)36-32(12,13)37-21-18-24(30(7,8)9)27(35)25(19-21)31(10,11)14-15-33;1-3(5)7-4(2)6/h17-20,36-37H,15-16H2,1-14H3;16-19,33-35H,14-15H2,1-13H3;1-2H3. The van der Waals surface area contributed by atoms with Crippen LogP contribution in [0.4, 0.5) is 0 Å². The highest BCUT2D eigenvalue weighted by molar-refractivity contribution is 8.18. The molecule has 84 heavy (non-hydrogen) atoms. The summed E-state index contributed by atoms with van der Waals surface area (Å²) in [4.78, 5) is 35.4. The number of aromatic hydroxyl groups is 4. The second-order valence-corrected chi connectivity index (χ2v) is 37.9. The Bertz CT molecular complexity index is 2860. The molecule has 5 N–H and O–H groups in total. The minimum absolute atomic E-state index is 0.0725. The van der Waals surface area contributed by atoms with Gasteiger partial charge in [-0.25, -0.2) is 0 Å². The van der Waals surface area contributed by atoms with Gasteiger partial charge in [0.15, 0.2) is 0 Å². The van der Waals surface area contributed by atoms with Crippen molar-refractivity contribution in [2.24, 2.45) is 0 Å². The first-order valence-corrected chi connectivity index (χ1v) is 32.4. The summed E-state index contributed by atoms with van der Waals surface area (Å²) in [6.45, 7) is 59.8. The molecule has 0 aliphatic rings. The Labute approximate surface area is 525 Å². The van der Waals surface area contributed by atoms with Crippen LogP contribution in [-0.4, -0.2) is 64.8 Å². The molecular weight excluding hydrogens is 1130 g/mol. The monoisotopic (exact) mass is 1240 g/mol. The number of carbonyl (C=O) groups excluding carboxylic acids is 3. The Morgan fingerprint density at radius 3 is 0.726 bits per heavy atom. The van der Waals surface area contributed by atoms with Gasteiger partial charge in [-0.1, -0.05) is 152 Å². The molecule has 4 aromatic carbocycles. The summed E-state index contributed by atoms with van der Waals surface area (Å²) in [6, 6.07) is 17.0. The highest BCUT2D eigenvalue weighted by atomic mass is 32.2. The number of aliphatic hydroxyl groups excluding tert-OH is 1. The van der Waals surface area contributed by atoms with E-state index in [9.17, 15) is 39.9 Å². The summed E-state index contributed by atoms with van der Waals surface area (Å²) in [5.74, 6) is 0.0295. The normalized spacial score (nSPS) is 13.1. The lowest BCUT2D eigenvalue weighted by Crippen LogP contribution is -2.23. The smallest absolute Gasteiger partial charge is 0.310 e. The fourth-order valence-corrected chi connectivity index (χ4v) is 14.7. The second kappa shape index (κ2) is 28.0. The largest absolute Gasteiger partial charge is 0.507 e. The SMILES string of the molecule is CC(=O)OC(C)=O.CC(=O)OCCC(C)(C)c1cc(SC(C)(C)Sc2cc(C(C)(C)C)c(O)c(C(C)(C)C)c2)cc(C(C)(C)C)c1O.CC(C)(Sc1cc(C(C)(C)C)c(O)c(C(C)(C)C)c1)Sc1cc(C(C)(C)C)c(O)c(C(C)(C)CCO)c1. The van der Waals surface area contributed by atoms with Crippen LogP contribution in [0, 0.1) is 0 Å². The van der Waals surface area contributed by atoms with Gasteiger partial charge in [0.2, 0.25) is 0 Å². The van der Waals surface area contributed by atoms with Crippen molar-refractivity contribution in [3.05, 3.63) is 93.0 Å². The summed E-state index contributed by atoms with van der Waals surface area (Å²) >= 11 is 7.15. The minimum Gasteiger partial charge on any atom is -0.507 e.